The third-order valence-corrected chi connectivity index (χ3v) is 3.52. The highest BCUT2D eigenvalue weighted by atomic mass is 16.5. The quantitative estimate of drug-likeness (QED) is 0.859. The van der Waals surface area contributed by atoms with Crippen LogP contribution in [0.1, 0.15) is 18.5 Å². The summed E-state index contributed by atoms with van der Waals surface area (Å²) in [5.41, 5.74) is 0.273. The molecule has 0 aromatic carbocycles. The minimum atomic E-state index is 0.273. The van der Waals surface area contributed by atoms with Crippen molar-refractivity contribution in [1.29, 1.82) is 5.26 Å². The Morgan fingerprint density at radius 3 is 2.83 bits per heavy atom. The molecule has 0 radical (unpaired) electrons. The molecule has 1 aliphatic rings. The molecule has 118 valence electrons. The number of nitrogens with one attached hydrogen (secondary N) is 2. The molecule has 1 atom stereocenters. The molecule has 8 heteroatoms. The number of nitrogens with zero attached hydrogens (tertiary/aromatic N) is 5. The maximum Gasteiger partial charge on any atom is 0.158 e. The van der Waals surface area contributed by atoms with Gasteiger partial charge in [-0.1, -0.05) is 0 Å². The maximum atomic E-state index is 8.71. The van der Waals surface area contributed by atoms with Crippen molar-refractivity contribution in [3.8, 4) is 6.07 Å². The SMILES string of the molecule is N#Cc1cnc(Nc2cc(NCC3CCCOC3)ncn2)cn1. The minimum absolute atomic E-state index is 0.273. The van der Waals surface area contributed by atoms with Gasteiger partial charge in [-0.2, -0.15) is 5.26 Å². The van der Waals surface area contributed by atoms with Crippen LogP contribution in [0, 0.1) is 17.2 Å². The fraction of sp³-hybridized carbons (Fsp3) is 0.400. The van der Waals surface area contributed by atoms with Crippen molar-refractivity contribution in [2.45, 2.75) is 12.8 Å². The maximum absolute atomic E-state index is 8.71. The molecule has 3 heterocycles. The van der Waals surface area contributed by atoms with Gasteiger partial charge in [0.1, 0.15) is 29.9 Å². The summed E-state index contributed by atoms with van der Waals surface area (Å²) >= 11 is 0. The molecule has 1 unspecified atom stereocenters. The number of nitriles is 1. The van der Waals surface area contributed by atoms with E-state index in [4.69, 9.17) is 10.00 Å². The topological polar surface area (TPSA) is 109 Å². The summed E-state index contributed by atoms with van der Waals surface area (Å²) in [4.78, 5) is 16.4. The van der Waals surface area contributed by atoms with Gasteiger partial charge in [-0.05, 0) is 18.8 Å². The Morgan fingerprint density at radius 2 is 2.09 bits per heavy atom. The van der Waals surface area contributed by atoms with E-state index in [1.807, 2.05) is 12.1 Å². The van der Waals surface area contributed by atoms with Gasteiger partial charge >= 0.3 is 0 Å². The first-order valence-electron chi connectivity index (χ1n) is 7.46. The second-order valence-corrected chi connectivity index (χ2v) is 5.28. The van der Waals surface area contributed by atoms with Crippen molar-refractivity contribution in [3.63, 3.8) is 0 Å². The molecule has 23 heavy (non-hydrogen) atoms. The number of hydrogen-bond acceptors (Lipinski definition) is 8. The molecular formula is C15H17N7O. The highest BCUT2D eigenvalue weighted by Crippen LogP contribution is 2.16. The summed E-state index contributed by atoms with van der Waals surface area (Å²) < 4.78 is 5.47. The molecule has 0 bridgehead atoms. The van der Waals surface area contributed by atoms with Gasteiger partial charge in [0.25, 0.3) is 0 Å². The predicted molar refractivity (Wildman–Crippen MR) is 84.1 cm³/mol. The van der Waals surface area contributed by atoms with E-state index in [2.05, 4.69) is 30.6 Å². The lowest BCUT2D eigenvalue weighted by Gasteiger charge is -2.22. The van der Waals surface area contributed by atoms with Crippen LogP contribution < -0.4 is 10.6 Å². The van der Waals surface area contributed by atoms with Gasteiger partial charge in [0, 0.05) is 19.2 Å². The van der Waals surface area contributed by atoms with Crippen LogP contribution >= 0.6 is 0 Å². The fourth-order valence-corrected chi connectivity index (χ4v) is 2.32. The minimum Gasteiger partial charge on any atom is -0.381 e. The lowest BCUT2D eigenvalue weighted by molar-refractivity contribution is 0.0595. The summed E-state index contributed by atoms with van der Waals surface area (Å²) in [6.07, 6.45) is 6.67. The third kappa shape index (κ3) is 4.34. The van der Waals surface area contributed by atoms with E-state index in [9.17, 15) is 0 Å². The van der Waals surface area contributed by atoms with Crippen LogP contribution in [0.15, 0.2) is 24.8 Å². The lowest BCUT2D eigenvalue weighted by Crippen LogP contribution is -2.24. The van der Waals surface area contributed by atoms with E-state index in [-0.39, 0.29) is 5.69 Å². The number of rotatable bonds is 5. The van der Waals surface area contributed by atoms with E-state index in [0.29, 0.717) is 17.6 Å². The first kappa shape index (κ1) is 15.1. The second kappa shape index (κ2) is 7.47. The average Bonchev–Trinajstić information content (AvgIpc) is 2.62. The average molecular weight is 311 g/mol. The van der Waals surface area contributed by atoms with Crippen LogP contribution in [0.25, 0.3) is 0 Å². The van der Waals surface area contributed by atoms with Crippen molar-refractivity contribution in [2.24, 2.45) is 5.92 Å². The van der Waals surface area contributed by atoms with Gasteiger partial charge in [0.2, 0.25) is 0 Å². The predicted octanol–water partition coefficient (Wildman–Crippen LogP) is 1.72. The van der Waals surface area contributed by atoms with Crippen LogP contribution in [0.2, 0.25) is 0 Å². The van der Waals surface area contributed by atoms with Gasteiger partial charge in [-0.3, -0.25) is 0 Å². The highest BCUT2D eigenvalue weighted by Gasteiger charge is 2.13. The first-order chi connectivity index (χ1) is 11.3. The molecule has 1 aliphatic heterocycles. The molecule has 8 nitrogen and oxygen atoms in total. The molecule has 1 fully saturated rings. The molecule has 3 rings (SSSR count). The standard InChI is InChI=1S/C15H17N7O/c16-5-12-7-19-15(8-17-12)22-14-4-13(20-10-21-14)18-6-11-2-1-3-23-9-11/h4,7-8,10-11H,1-3,6,9H2,(H2,18,19,20,21,22). The Labute approximate surface area is 134 Å². The molecular weight excluding hydrogens is 294 g/mol. The summed E-state index contributed by atoms with van der Waals surface area (Å²) in [6, 6.07) is 3.74. The van der Waals surface area contributed by atoms with Crippen molar-refractivity contribution < 1.29 is 4.74 Å². The van der Waals surface area contributed by atoms with Crippen molar-refractivity contribution in [2.75, 3.05) is 30.4 Å². The molecule has 1 saturated heterocycles. The van der Waals surface area contributed by atoms with Crippen molar-refractivity contribution >= 4 is 17.5 Å². The van der Waals surface area contributed by atoms with Crippen LogP contribution in [0.5, 0.6) is 0 Å². The largest absolute Gasteiger partial charge is 0.381 e. The Kier molecular flexibility index (Phi) is 4.91. The lowest BCUT2D eigenvalue weighted by atomic mass is 10.0. The molecule has 0 aliphatic carbocycles. The van der Waals surface area contributed by atoms with E-state index in [0.717, 1.165) is 32.0 Å². The number of ether oxygens (including phenoxy) is 1. The summed E-state index contributed by atoms with van der Waals surface area (Å²) in [7, 11) is 0. The smallest absolute Gasteiger partial charge is 0.158 e. The Hall–Kier alpha value is -2.79. The van der Waals surface area contributed by atoms with Crippen LogP contribution in [0.4, 0.5) is 17.5 Å². The van der Waals surface area contributed by atoms with Gasteiger partial charge < -0.3 is 15.4 Å². The van der Waals surface area contributed by atoms with Crippen molar-refractivity contribution in [1.82, 2.24) is 19.9 Å². The molecule has 2 N–H and O–H groups in total. The second-order valence-electron chi connectivity index (χ2n) is 5.28. The van der Waals surface area contributed by atoms with Gasteiger partial charge in [-0.15, -0.1) is 0 Å². The van der Waals surface area contributed by atoms with Crippen molar-refractivity contribution in [3.05, 3.63) is 30.5 Å². The van der Waals surface area contributed by atoms with Gasteiger partial charge in [0.15, 0.2) is 5.69 Å². The monoisotopic (exact) mass is 311 g/mol. The fourth-order valence-electron chi connectivity index (χ4n) is 2.32. The van der Waals surface area contributed by atoms with Gasteiger partial charge in [0.05, 0.1) is 19.0 Å². The zero-order valence-corrected chi connectivity index (χ0v) is 12.6. The van der Waals surface area contributed by atoms with Crippen LogP contribution in [-0.4, -0.2) is 39.7 Å². The van der Waals surface area contributed by atoms with Crippen LogP contribution in [0.3, 0.4) is 0 Å². The Bertz CT molecular complexity index is 677. The van der Waals surface area contributed by atoms with Crippen LogP contribution in [-0.2, 0) is 4.74 Å². The Morgan fingerprint density at radius 1 is 1.17 bits per heavy atom. The normalized spacial score (nSPS) is 17.3. The third-order valence-electron chi connectivity index (χ3n) is 3.52. The molecule has 2 aromatic heterocycles. The number of aromatic nitrogens is 4. The summed E-state index contributed by atoms with van der Waals surface area (Å²) in [5, 5.41) is 15.1. The molecule has 2 aromatic rings. The summed E-state index contributed by atoms with van der Waals surface area (Å²) in [6.45, 7) is 2.49. The zero-order chi connectivity index (χ0) is 15.9. The van der Waals surface area contributed by atoms with Gasteiger partial charge in [-0.25, -0.2) is 19.9 Å². The van der Waals surface area contributed by atoms with E-state index >= 15 is 0 Å². The van der Waals surface area contributed by atoms with E-state index in [1.165, 1.54) is 25.1 Å². The molecule has 0 spiro atoms. The number of anilines is 3. The summed E-state index contributed by atoms with van der Waals surface area (Å²) in [5.74, 6) is 2.39. The van der Waals surface area contributed by atoms with E-state index < -0.39 is 0 Å². The zero-order valence-electron chi connectivity index (χ0n) is 12.6. The molecule has 0 amide bonds. The van der Waals surface area contributed by atoms with E-state index in [1.54, 1.807) is 0 Å². The highest BCUT2D eigenvalue weighted by molar-refractivity contribution is 5.54. The first-order valence-corrected chi connectivity index (χ1v) is 7.46. The Balaban J connectivity index is 1.59. The molecule has 0 saturated carbocycles. The number of hydrogen-bond donors (Lipinski definition) is 2.